The summed E-state index contributed by atoms with van der Waals surface area (Å²) in [6, 6.07) is 0. The standard InChI is InChI=1S/C8H16BrNO2/c1-2-3-4-7(5-6-9)12-8(10)11/h7H,2-6H2,1H3,(H2,10,11). The van der Waals surface area contributed by atoms with Crippen LogP contribution in [0.2, 0.25) is 0 Å². The van der Waals surface area contributed by atoms with Crippen LogP contribution < -0.4 is 5.73 Å². The Kier molecular flexibility index (Phi) is 7.25. The number of rotatable bonds is 6. The second-order valence-electron chi connectivity index (χ2n) is 2.68. The average molecular weight is 238 g/mol. The lowest BCUT2D eigenvalue weighted by molar-refractivity contribution is 0.0981. The number of hydrogen-bond acceptors (Lipinski definition) is 2. The zero-order valence-electron chi connectivity index (χ0n) is 7.38. The van der Waals surface area contributed by atoms with Gasteiger partial charge in [0.2, 0.25) is 0 Å². The maximum Gasteiger partial charge on any atom is 0.404 e. The zero-order chi connectivity index (χ0) is 9.40. The molecule has 0 radical (unpaired) electrons. The van der Waals surface area contributed by atoms with E-state index in [2.05, 4.69) is 22.9 Å². The van der Waals surface area contributed by atoms with Crippen LogP contribution >= 0.6 is 15.9 Å². The third kappa shape index (κ3) is 6.46. The Balaban J connectivity index is 3.61. The minimum absolute atomic E-state index is 0.0122. The van der Waals surface area contributed by atoms with Gasteiger partial charge in [0.05, 0.1) is 0 Å². The minimum atomic E-state index is -0.669. The maximum absolute atomic E-state index is 10.4. The van der Waals surface area contributed by atoms with Crippen LogP contribution in [0.4, 0.5) is 4.79 Å². The number of carbonyl (C=O) groups excluding carboxylic acids is 1. The molecule has 0 aromatic carbocycles. The van der Waals surface area contributed by atoms with Gasteiger partial charge in [0.1, 0.15) is 6.10 Å². The Labute approximate surface area is 81.8 Å². The highest BCUT2D eigenvalue weighted by atomic mass is 79.9. The summed E-state index contributed by atoms with van der Waals surface area (Å²) in [5.41, 5.74) is 4.92. The van der Waals surface area contributed by atoms with Gasteiger partial charge in [-0.25, -0.2) is 4.79 Å². The van der Waals surface area contributed by atoms with Crippen molar-refractivity contribution in [3.05, 3.63) is 0 Å². The Morgan fingerprint density at radius 3 is 2.67 bits per heavy atom. The highest BCUT2D eigenvalue weighted by Gasteiger charge is 2.10. The van der Waals surface area contributed by atoms with Crippen molar-refractivity contribution >= 4 is 22.0 Å². The van der Waals surface area contributed by atoms with Gasteiger partial charge in [-0.15, -0.1) is 0 Å². The van der Waals surface area contributed by atoms with Crippen molar-refractivity contribution in [1.29, 1.82) is 0 Å². The van der Waals surface area contributed by atoms with E-state index >= 15 is 0 Å². The van der Waals surface area contributed by atoms with E-state index in [9.17, 15) is 4.79 Å². The van der Waals surface area contributed by atoms with Gasteiger partial charge in [0, 0.05) is 5.33 Å². The van der Waals surface area contributed by atoms with Gasteiger partial charge in [0.25, 0.3) is 0 Å². The van der Waals surface area contributed by atoms with Crippen LogP contribution in [0.25, 0.3) is 0 Å². The van der Waals surface area contributed by atoms with Crippen LogP contribution in [0, 0.1) is 0 Å². The van der Waals surface area contributed by atoms with Crippen LogP contribution in [0.5, 0.6) is 0 Å². The zero-order valence-corrected chi connectivity index (χ0v) is 8.97. The molecule has 0 aromatic rings. The monoisotopic (exact) mass is 237 g/mol. The number of halogens is 1. The Bertz CT molecular complexity index is 130. The number of carbonyl (C=O) groups is 1. The van der Waals surface area contributed by atoms with E-state index in [1.807, 2.05) is 0 Å². The molecular formula is C8H16BrNO2. The molecule has 0 heterocycles. The molecule has 0 saturated carbocycles. The molecule has 1 atom stereocenters. The predicted molar refractivity (Wildman–Crippen MR) is 52.4 cm³/mol. The van der Waals surface area contributed by atoms with Crippen molar-refractivity contribution in [3.8, 4) is 0 Å². The van der Waals surface area contributed by atoms with Crippen molar-refractivity contribution < 1.29 is 9.53 Å². The number of amides is 1. The third-order valence-corrected chi connectivity index (χ3v) is 2.05. The molecule has 72 valence electrons. The molecule has 12 heavy (non-hydrogen) atoms. The van der Waals surface area contributed by atoms with E-state index in [1.54, 1.807) is 0 Å². The molecule has 0 rings (SSSR count). The Hall–Kier alpha value is -0.250. The first-order valence-corrected chi connectivity index (χ1v) is 5.34. The summed E-state index contributed by atoms with van der Waals surface area (Å²) < 4.78 is 4.90. The third-order valence-electron chi connectivity index (χ3n) is 1.59. The molecule has 2 N–H and O–H groups in total. The van der Waals surface area contributed by atoms with E-state index in [-0.39, 0.29) is 6.10 Å². The SMILES string of the molecule is CCCCC(CCBr)OC(N)=O. The fraction of sp³-hybridized carbons (Fsp3) is 0.875. The lowest BCUT2D eigenvalue weighted by atomic mass is 10.1. The van der Waals surface area contributed by atoms with E-state index in [0.717, 1.165) is 31.0 Å². The summed E-state index contributed by atoms with van der Waals surface area (Å²) in [6.45, 7) is 2.11. The molecule has 0 spiro atoms. The number of ether oxygens (including phenoxy) is 1. The maximum atomic E-state index is 10.4. The molecule has 1 unspecified atom stereocenters. The molecular weight excluding hydrogens is 222 g/mol. The van der Waals surface area contributed by atoms with Crippen molar-refractivity contribution in [1.82, 2.24) is 0 Å². The molecule has 0 bridgehead atoms. The summed E-state index contributed by atoms with van der Waals surface area (Å²) >= 11 is 3.30. The lowest BCUT2D eigenvalue weighted by Crippen LogP contribution is -2.23. The van der Waals surface area contributed by atoms with Gasteiger partial charge in [-0.3, -0.25) is 0 Å². The fourth-order valence-corrected chi connectivity index (χ4v) is 1.49. The van der Waals surface area contributed by atoms with E-state index in [0.29, 0.717) is 0 Å². The Morgan fingerprint density at radius 1 is 1.58 bits per heavy atom. The van der Waals surface area contributed by atoms with Gasteiger partial charge in [-0.1, -0.05) is 35.7 Å². The number of unbranched alkanes of at least 4 members (excludes halogenated alkanes) is 1. The van der Waals surface area contributed by atoms with Crippen molar-refractivity contribution in [2.24, 2.45) is 5.73 Å². The predicted octanol–water partition coefficient (Wildman–Crippen LogP) is 2.43. The van der Waals surface area contributed by atoms with Crippen LogP contribution in [0.15, 0.2) is 0 Å². The molecule has 4 heteroatoms. The second kappa shape index (κ2) is 7.40. The summed E-state index contributed by atoms with van der Waals surface area (Å²) in [5, 5.41) is 0.842. The lowest BCUT2D eigenvalue weighted by Gasteiger charge is -2.14. The van der Waals surface area contributed by atoms with Gasteiger partial charge < -0.3 is 10.5 Å². The highest BCUT2D eigenvalue weighted by molar-refractivity contribution is 9.09. The largest absolute Gasteiger partial charge is 0.446 e. The average Bonchev–Trinajstić information content (AvgIpc) is 2.00. The summed E-state index contributed by atoms with van der Waals surface area (Å²) in [4.78, 5) is 10.4. The first-order chi connectivity index (χ1) is 5.70. The number of hydrogen-bond donors (Lipinski definition) is 1. The summed E-state index contributed by atoms with van der Waals surface area (Å²) in [5.74, 6) is 0. The van der Waals surface area contributed by atoms with E-state index in [1.165, 1.54) is 0 Å². The first kappa shape index (κ1) is 11.8. The normalized spacial score (nSPS) is 12.5. The van der Waals surface area contributed by atoms with Crippen molar-refractivity contribution in [2.45, 2.75) is 38.7 Å². The molecule has 0 fully saturated rings. The smallest absolute Gasteiger partial charge is 0.404 e. The second-order valence-corrected chi connectivity index (χ2v) is 3.47. The molecule has 0 saturated heterocycles. The minimum Gasteiger partial charge on any atom is -0.446 e. The first-order valence-electron chi connectivity index (χ1n) is 4.22. The molecule has 0 aliphatic rings. The number of alkyl halides is 1. The van der Waals surface area contributed by atoms with E-state index < -0.39 is 6.09 Å². The van der Waals surface area contributed by atoms with Gasteiger partial charge in [0.15, 0.2) is 0 Å². The summed E-state index contributed by atoms with van der Waals surface area (Å²) in [6.07, 6.45) is 3.25. The van der Waals surface area contributed by atoms with Crippen LogP contribution in [-0.4, -0.2) is 17.5 Å². The summed E-state index contributed by atoms with van der Waals surface area (Å²) in [7, 11) is 0. The Morgan fingerprint density at radius 2 is 2.25 bits per heavy atom. The molecule has 3 nitrogen and oxygen atoms in total. The van der Waals surface area contributed by atoms with Crippen LogP contribution in [0.1, 0.15) is 32.6 Å². The number of nitrogens with two attached hydrogens (primary N) is 1. The van der Waals surface area contributed by atoms with Gasteiger partial charge >= 0.3 is 6.09 Å². The van der Waals surface area contributed by atoms with Crippen molar-refractivity contribution in [2.75, 3.05) is 5.33 Å². The van der Waals surface area contributed by atoms with Gasteiger partial charge in [-0.2, -0.15) is 0 Å². The van der Waals surface area contributed by atoms with Crippen LogP contribution in [0.3, 0.4) is 0 Å². The molecule has 0 aliphatic carbocycles. The fourth-order valence-electron chi connectivity index (χ4n) is 0.980. The topological polar surface area (TPSA) is 52.3 Å². The van der Waals surface area contributed by atoms with Gasteiger partial charge in [-0.05, 0) is 12.8 Å². The molecule has 0 aliphatic heterocycles. The van der Waals surface area contributed by atoms with E-state index in [4.69, 9.17) is 10.5 Å². The quantitative estimate of drug-likeness (QED) is 0.722. The van der Waals surface area contributed by atoms with Crippen LogP contribution in [-0.2, 0) is 4.74 Å². The highest BCUT2D eigenvalue weighted by Crippen LogP contribution is 2.10. The molecule has 1 amide bonds. The van der Waals surface area contributed by atoms with Crippen molar-refractivity contribution in [3.63, 3.8) is 0 Å². The number of primary amides is 1. The molecule has 0 aromatic heterocycles.